The number of nitrogens with one attached hydrogen (secondary N) is 1. The number of hydrogen-bond donors (Lipinski definition) is 1. The van der Waals surface area contributed by atoms with E-state index in [-0.39, 0.29) is 17.4 Å². The van der Waals surface area contributed by atoms with Crippen LogP contribution in [0.5, 0.6) is 5.75 Å². The van der Waals surface area contributed by atoms with Gasteiger partial charge in [-0.15, -0.1) is 0 Å². The standard InChI is InChI=1S/C29H29FN4O3/c1-18-16-31-25(28-24(30)5-4-6-26(28)37-3)15-23(18)19(2)32-29(36)20-7-9-21(10-8-20)33-13-14-34(22-11-12-22)27(35)17-33/h4-10,15-16,22H,2,11-14,17H2,1,3H3,(H,32,36). The first-order chi connectivity index (χ1) is 17.9. The van der Waals surface area contributed by atoms with Gasteiger partial charge >= 0.3 is 0 Å². The second-order valence-corrected chi connectivity index (χ2v) is 9.42. The van der Waals surface area contributed by atoms with Crippen LogP contribution in [-0.2, 0) is 4.79 Å². The number of aromatic nitrogens is 1. The fourth-order valence-corrected chi connectivity index (χ4v) is 4.69. The average Bonchev–Trinajstić information content (AvgIpc) is 3.74. The van der Waals surface area contributed by atoms with Crippen molar-refractivity contribution >= 4 is 23.2 Å². The molecule has 1 aliphatic heterocycles. The van der Waals surface area contributed by atoms with Crippen LogP contribution in [-0.4, -0.2) is 54.5 Å². The van der Waals surface area contributed by atoms with Gasteiger partial charge in [-0.05, 0) is 67.8 Å². The molecule has 1 aromatic heterocycles. The molecule has 190 valence electrons. The Hall–Kier alpha value is -4.20. The van der Waals surface area contributed by atoms with Crippen LogP contribution in [0.3, 0.4) is 0 Å². The van der Waals surface area contributed by atoms with Crippen molar-refractivity contribution in [1.29, 1.82) is 0 Å². The summed E-state index contributed by atoms with van der Waals surface area (Å²) in [6.45, 7) is 7.76. The Balaban J connectivity index is 1.28. The number of halogens is 1. The number of ether oxygens (including phenoxy) is 1. The highest BCUT2D eigenvalue weighted by atomic mass is 19.1. The largest absolute Gasteiger partial charge is 0.496 e. The molecule has 1 aliphatic carbocycles. The van der Waals surface area contributed by atoms with Crippen molar-refractivity contribution in [1.82, 2.24) is 15.2 Å². The lowest BCUT2D eigenvalue weighted by Crippen LogP contribution is -2.51. The Morgan fingerprint density at radius 2 is 1.92 bits per heavy atom. The minimum atomic E-state index is -0.452. The van der Waals surface area contributed by atoms with E-state index in [4.69, 9.17) is 4.74 Å². The number of amides is 2. The van der Waals surface area contributed by atoms with Gasteiger partial charge in [-0.1, -0.05) is 12.6 Å². The van der Waals surface area contributed by atoms with Gasteiger partial charge in [-0.3, -0.25) is 14.6 Å². The number of pyridine rings is 1. The summed E-state index contributed by atoms with van der Waals surface area (Å²) in [5.41, 5.74) is 3.82. The molecule has 2 aromatic carbocycles. The van der Waals surface area contributed by atoms with Crippen LogP contribution in [0, 0.1) is 12.7 Å². The highest BCUT2D eigenvalue weighted by Gasteiger charge is 2.35. The fourth-order valence-electron chi connectivity index (χ4n) is 4.69. The molecule has 0 bridgehead atoms. The summed E-state index contributed by atoms with van der Waals surface area (Å²) in [5, 5.41) is 2.85. The van der Waals surface area contributed by atoms with Gasteiger partial charge in [-0.25, -0.2) is 4.39 Å². The van der Waals surface area contributed by atoms with Crippen molar-refractivity contribution < 1.29 is 18.7 Å². The molecule has 2 heterocycles. The van der Waals surface area contributed by atoms with Crippen LogP contribution < -0.4 is 15.0 Å². The van der Waals surface area contributed by atoms with Gasteiger partial charge < -0.3 is 19.9 Å². The topological polar surface area (TPSA) is 74.8 Å². The molecule has 0 spiro atoms. The molecule has 5 rings (SSSR count). The molecule has 2 fully saturated rings. The highest BCUT2D eigenvalue weighted by Crippen LogP contribution is 2.33. The lowest BCUT2D eigenvalue weighted by atomic mass is 10.0. The number of carbonyl (C=O) groups is 2. The van der Waals surface area contributed by atoms with Crippen molar-refractivity contribution in [3.8, 4) is 17.0 Å². The maximum Gasteiger partial charge on any atom is 0.255 e. The van der Waals surface area contributed by atoms with Gasteiger partial charge in [0.25, 0.3) is 5.91 Å². The van der Waals surface area contributed by atoms with E-state index in [1.54, 1.807) is 36.5 Å². The predicted molar refractivity (Wildman–Crippen MR) is 141 cm³/mol. The molecule has 1 N–H and O–H groups in total. The Kier molecular flexibility index (Phi) is 6.65. The molecule has 2 amide bonds. The van der Waals surface area contributed by atoms with E-state index < -0.39 is 5.82 Å². The van der Waals surface area contributed by atoms with Crippen LogP contribution in [0.2, 0.25) is 0 Å². The third kappa shape index (κ3) is 5.05. The molecular formula is C29H29FN4O3. The quantitative estimate of drug-likeness (QED) is 0.520. The summed E-state index contributed by atoms with van der Waals surface area (Å²) in [6.07, 6.45) is 3.84. The molecule has 0 atom stereocenters. The first kappa shape index (κ1) is 24.5. The predicted octanol–water partition coefficient (Wildman–Crippen LogP) is 4.42. The third-order valence-electron chi connectivity index (χ3n) is 6.88. The molecular weight excluding hydrogens is 471 g/mol. The van der Waals surface area contributed by atoms with Crippen molar-refractivity contribution in [3.05, 3.63) is 83.8 Å². The number of hydrogen-bond acceptors (Lipinski definition) is 5. The monoisotopic (exact) mass is 500 g/mol. The minimum Gasteiger partial charge on any atom is -0.496 e. The Bertz CT molecular complexity index is 1370. The SMILES string of the molecule is C=C(NC(=O)c1ccc(N2CCN(C3CC3)C(=O)C2)cc1)c1cc(-c2c(F)cccc2OC)ncc1C. The molecule has 8 heteroatoms. The lowest BCUT2D eigenvalue weighted by molar-refractivity contribution is -0.131. The summed E-state index contributed by atoms with van der Waals surface area (Å²) in [5.74, 6) is -0.237. The molecule has 37 heavy (non-hydrogen) atoms. The van der Waals surface area contributed by atoms with Crippen LogP contribution >= 0.6 is 0 Å². The van der Waals surface area contributed by atoms with Crippen LogP contribution in [0.15, 0.2) is 61.3 Å². The van der Waals surface area contributed by atoms with Gasteiger partial charge in [0.2, 0.25) is 5.91 Å². The summed E-state index contributed by atoms with van der Waals surface area (Å²) >= 11 is 0. The third-order valence-corrected chi connectivity index (χ3v) is 6.88. The first-order valence-corrected chi connectivity index (χ1v) is 12.3. The molecule has 1 saturated heterocycles. The van der Waals surface area contributed by atoms with E-state index in [1.165, 1.54) is 13.2 Å². The van der Waals surface area contributed by atoms with Gasteiger partial charge in [0.15, 0.2) is 0 Å². The van der Waals surface area contributed by atoms with E-state index in [2.05, 4.69) is 16.9 Å². The average molecular weight is 501 g/mol. The smallest absolute Gasteiger partial charge is 0.255 e. The fraction of sp³-hybridized carbons (Fsp3) is 0.276. The van der Waals surface area contributed by atoms with Gasteiger partial charge in [0.05, 0.1) is 24.9 Å². The number of anilines is 1. The summed E-state index contributed by atoms with van der Waals surface area (Å²) < 4.78 is 19.9. The Morgan fingerprint density at radius 3 is 2.59 bits per heavy atom. The second kappa shape index (κ2) is 10.0. The molecule has 0 unspecified atom stereocenters. The summed E-state index contributed by atoms with van der Waals surface area (Å²) in [4.78, 5) is 33.8. The number of nitrogens with zero attached hydrogens (tertiary/aromatic N) is 3. The van der Waals surface area contributed by atoms with Gasteiger partial charge in [0.1, 0.15) is 11.6 Å². The first-order valence-electron chi connectivity index (χ1n) is 12.3. The van der Waals surface area contributed by atoms with Crippen molar-refractivity contribution in [2.75, 3.05) is 31.6 Å². The number of rotatable bonds is 7. The van der Waals surface area contributed by atoms with E-state index in [1.807, 2.05) is 28.9 Å². The number of aryl methyl sites for hydroxylation is 1. The molecule has 3 aromatic rings. The van der Waals surface area contributed by atoms with Crippen molar-refractivity contribution in [3.63, 3.8) is 0 Å². The zero-order chi connectivity index (χ0) is 26.1. The zero-order valence-corrected chi connectivity index (χ0v) is 21.0. The number of methoxy groups -OCH3 is 1. The Labute approximate surface area is 215 Å². The molecule has 1 saturated carbocycles. The van der Waals surface area contributed by atoms with Gasteiger partial charge in [0, 0.05) is 47.8 Å². The van der Waals surface area contributed by atoms with E-state index >= 15 is 0 Å². The zero-order valence-electron chi connectivity index (χ0n) is 21.0. The highest BCUT2D eigenvalue weighted by molar-refractivity contribution is 6.00. The van der Waals surface area contributed by atoms with Crippen molar-refractivity contribution in [2.45, 2.75) is 25.8 Å². The second-order valence-electron chi connectivity index (χ2n) is 9.42. The molecule has 7 nitrogen and oxygen atoms in total. The van der Waals surface area contributed by atoms with Crippen LogP contribution in [0.25, 0.3) is 17.0 Å². The number of carbonyl (C=O) groups excluding carboxylic acids is 2. The van der Waals surface area contributed by atoms with E-state index in [9.17, 15) is 14.0 Å². The summed E-state index contributed by atoms with van der Waals surface area (Å²) in [7, 11) is 1.48. The minimum absolute atomic E-state index is 0.159. The molecule has 0 radical (unpaired) electrons. The van der Waals surface area contributed by atoms with E-state index in [0.717, 1.165) is 37.2 Å². The van der Waals surface area contributed by atoms with Gasteiger partial charge in [-0.2, -0.15) is 0 Å². The van der Waals surface area contributed by atoms with Crippen LogP contribution in [0.1, 0.15) is 34.3 Å². The number of benzene rings is 2. The van der Waals surface area contributed by atoms with Crippen LogP contribution in [0.4, 0.5) is 10.1 Å². The Morgan fingerprint density at radius 1 is 1.16 bits per heavy atom. The molecule has 2 aliphatic rings. The van der Waals surface area contributed by atoms with Crippen molar-refractivity contribution in [2.24, 2.45) is 0 Å². The maximum absolute atomic E-state index is 14.6. The lowest BCUT2D eigenvalue weighted by Gasteiger charge is -2.35. The summed E-state index contributed by atoms with van der Waals surface area (Å²) in [6, 6.07) is 13.9. The normalized spacial score (nSPS) is 15.5. The maximum atomic E-state index is 14.6. The number of piperazine rings is 1. The van der Waals surface area contributed by atoms with E-state index in [0.29, 0.717) is 40.9 Å².